The number of aliphatic imine (C=N–C) groups is 1. The maximum atomic E-state index is 5.03. The van der Waals surface area contributed by atoms with Gasteiger partial charge in [0, 0.05) is 0 Å². The van der Waals surface area contributed by atoms with Crippen LogP contribution in [0.3, 0.4) is 0 Å². The molecule has 0 aromatic heterocycles. The molecule has 0 aliphatic carbocycles. The molecule has 0 fully saturated rings. The zero-order chi connectivity index (χ0) is 10.3. The van der Waals surface area contributed by atoms with Crippen LogP contribution in [-0.4, -0.2) is 20.1 Å². The molecule has 72 valence electrons. The first-order valence-electron chi connectivity index (χ1n) is 3.84. The summed E-state index contributed by atoms with van der Waals surface area (Å²) in [6.07, 6.45) is 1.69. The second-order valence-corrected chi connectivity index (χ2v) is 2.31. The quantitative estimate of drug-likeness (QED) is 0.571. The summed E-state index contributed by atoms with van der Waals surface area (Å²) in [5.41, 5.74) is 1.99. The van der Waals surface area contributed by atoms with E-state index in [0.717, 1.165) is 17.0 Å². The van der Waals surface area contributed by atoms with Crippen LogP contribution in [0.2, 0.25) is 0 Å². The maximum absolute atomic E-state index is 5.03. The van der Waals surface area contributed by atoms with E-state index in [9.17, 15) is 0 Å². The first-order chi connectivity index (χ1) is 6.27. The SMILES string of the molecule is C=Nc1ccc(OC)cc1C.CS. The van der Waals surface area contributed by atoms with Crippen LogP contribution in [0.15, 0.2) is 23.2 Å². The summed E-state index contributed by atoms with van der Waals surface area (Å²) in [5, 5.41) is 0. The molecular weight excluding hydrogens is 182 g/mol. The highest BCUT2D eigenvalue weighted by atomic mass is 32.1. The minimum absolute atomic E-state index is 0.856. The predicted octanol–water partition coefficient (Wildman–Crippen LogP) is 2.88. The van der Waals surface area contributed by atoms with Crippen LogP contribution in [0, 0.1) is 6.92 Å². The fraction of sp³-hybridized carbons (Fsp3) is 0.300. The fourth-order valence-corrected chi connectivity index (χ4v) is 0.932. The van der Waals surface area contributed by atoms with Crippen molar-refractivity contribution in [3.8, 4) is 5.75 Å². The van der Waals surface area contributed by atoms with Gasteiger partial charge < -0.3 is 4.74 Å². The molecule has 0 aliphatic rings. The van der Waals surface area contributed by atoms with Gasteiger partial charge in [0.2, 0.25) is 0 Å². The van der Waals surface area contributed by atoms with Crippen LogP contribution in [0.25, 0.3) is 0 Å². The van der Waals surface area contributed by atoms with Crippen molar-refractivity contribution in [3.05, 3.63) is 23.8 Å². The van der Waals surface area contributed by atoms with Gasteiger partial charge in [-0.2, -0.15) is 12.6 Å². The Morgan fingerprint density at radius 3 is 2.38 bits per heavy atom. The molecular formula is C10H15NOS. The van der Waals surface area contributed by atoms with E-state index < -0.39 is 0 Å². The summed E-state index contributed by atoms with van der Waals surface area (Å²) in [6.45, 7) is 5.44. The Labute approximate surface area is 85.1 Å². The highest BCUT2D eigenvalue weighted by Gasteiger charge is 1.96. The molecule has 2 nitrogen and oxygen atoms in total. The molecule has 13 heavy (non-hydrogen) atoms. The summed E-state index contributed by atoms with van der Waals surface area (Å²) in [4.78, 5) is 3.84. The number of rotatable bonds is 2. The van der Waals surface area contributed by atoms with Gasteiger partial charge in [-0.3, -0.25) is 4.99 Å². The van der Waals surface area contributed by atoms with Crippen LogP contribution in [0.5, 0.6) is 5.75 Å². The lowest BCUT2D eigenvalue weighted by molar-refractivity contribution is 0.414. The summed E-state index contributed by atoms with van der Waals surface area (Å²) in [7, 11) is 1.65. The Balaban J connectivity index is 0.000000671. The lowest BCUT2D eigenvalue weighted by atomic mass is 10.2. The molecule has 0 heterocycles. The van der Waals surface area contributed by atoms with E-state index in [2.05, 4.69) is 24.3 Å². The van der Waals surface area contributed by atoms with Gasteiger partial charge in [0.25, 0.3) is 0 Å². The van der Waals surface area contributed by atoms with Crippen LogP contribution in [0.1, 0.15) is 5.56 Å². The molecule has 3 heteroatoms. The minimum Gasteiger partial charge on any atom is -0.497 e. The standard InChI is InChI=1S/C9H11NO.CH4S/c1-7-6-8(11-3)4-5-9(7)10-2;1-2/h4-6H,2H2,1,3H3;2H,1H3. The van der Waals surface area contributed by atoms with Crippen LogP contribution < -0.4 is 4.74 Å². The van der Waals surface area contributed by atoms with Crippen molar-refractivity contribution in [3.63, 3.8) is 0 Å². The van der Waals surface area contributed by atoms with E-state index >= 15 is 0 Å². The normalized spacial score (nSPS) is 8.31. The molecule has 0 amide bonds. The van der Waals surface area contributed by atoms with Crippen LogP contribution in [-0.2, 0) is 0 Å². The highest BCUT2D eigenvalue weighted by molar-refractivity contribution is 7.79. The van der Waals surface area contributed by atoms with Gasteiger partial charge in [-0.15, -0.1) is 0 Å². The van der Waals surface area contributed by atoms with Gasteiger partial charge in [0.15, 0.2) is 0 Å². The van der Waals surface area contributed by atoms with Crippen molar-refractivity contribution in [2.45, 2.75) is 6.92 Å². The Hall–Kier alpha value is -0.960. The van der Waals surface area contributed by atoms with E-state index in [1.54, 1.807) is 13.4 Å². The number of aryl methyl sites for hydroxylation is 1. The molecule has 1 aromatic carbocycles. The van der Waals surface area contributed by atoms with Gasteiger partial charge in [-0.05, 0) is 43.7 Å². The molecule has 0 saturated carbocycles. The molecule has 0 N–H and O–H groups in total. The number of ether oxygens (including phenoxy) is 1. The Morgan fingerprint density at radius 2 is 2.00 bits per heavy atom. The topological polar surface area (TPSA) is 21.6 Å². The minimum atomic E-state index is 0.856. The van der Waals surface area contributed by atoms with Gasteiger partial charge in [-0.25, -0.2) is 0 Å². The molecule has 1 rings (SSSR count). The smallest absolute Gasteiger partial charge is 0.119 e. The second-order valence-electron chi connectivity index (χ2n) is 2.31. The van der Waals surface area contributed by atoms with Crippen molar-refractivity contribution in [1.82, 2.24) is 0 Å². The molecule has 0 bridgehead atoms. The third-order valence-electron chi connectivity index (χ3n) is 1.57. The summed E-state index contributed by atoms with van der Waals surface area (Å²) in [6, 6.07) is 5.70. The average molecular weight is 197 g/mol. The zero-order valence-corrected chi connectivity index (χ0v) is 9.14. The Morgan fingerprint density at radius 1 is 1.38 bits per heavy atom. The molecule has 0 saturated heterocycles. The van der Waals surface area contributed by atoms with Gasteiger partial charge in [-0.1, -0.05) is 0 Å². The van der Waals surface area contributed by atoms with E-state index in [4.69, 9.17) is 4.74 Å². The predicted molar refractivity (Wildman–Crippen MR) is 61.9 cm³/mol. The number of benzene rings is 1. The lowest BCUT2D eigenvalue weighted by Crippen LogP contribution is -1.82. The molecule has 0 radical (unpaired) electrons. The van der Waals surface area contributed by atoms with E-state index in [0.29, 0.717) is 0 Å². The van der Waals surface area contributed by atoms with Crippen molar-refractivity contribution < 1.29 is 4.74 Å². The largest absolute Gasteiger partial charge is 0.497 e. The lowest BCUT2D eigenvalue weighted by Gasteiger charge is -2.02. The van der Waals surface area contributed by atoms with Crippen molar-refractivity contribution in [2.24, 2.45) is 4.99 Å². The van der Waals surface area contributed by atoms with Gasteiger partial charge in [0.05, 0.1) is 12.8 Å². The molecule has 1 aromatic rings. The monoisotopic (exact) mass is 197 g/mol. The third-order valence-corrected chi connectivity index (χ3v) is 1.57. The molecule has 0 spiro atoms. The average Bonchev–Trinajstić information content (AvgIpc) is 2.20. The summed E-state index contributed by atoms with van der Waals surface area (Å²) in [5.74, 6) is 0.856. The van der Waals surface area contributed by atoms with E-state index in [-0.39, 0.29) is 0 Å². The number of nitrogens with zero attached hydrogens (tertiary/aromatic N) is 1. The van der Waals surface area contributed by atoms with E-state index in [1.807, 2.05) is 25.1 Å². The zero-order valence-electron chi connectivity index (χ0n) is 8.24. The van der Waals surface area contributed by atoms with Gasteiger partial charge in [0.1, 0.15) is 5.75 Å². The maximum Gasteiger partial charge on any atom is 0.119 e. The van der Waals surface area contributed by atoms with Crippen molar-refractivity contribution in [1.29, 1.82) is 0 Å². The summed E-state index contributed by atoms with van der Waals surface area (Å²) < 4.78 is 5.03. The van der Waals surface area contributed by atoms with Crippen molar-refractivity contribution in [2.75, 3.05) is 13.4 Å². The first-order valence-corrected chi connectivity index (χ1v) is 4.73. The van der Waals surface area contributed by atoms with Gasteiger partial charge >= 0.3 is 0 Å². The molecule has 0 unspecified atom stereocenters. The number of methoxy groups -OCH3 is 1. The number of hydrogen-bond acceptors (Lipinski definition) is 3. The number of hydrogen-bond donors (Lipinski definition) is 1. The first kappa shape index (κ1) is 12.0. The van der Waals surface area contributed by atoms with Crippen LogP contribution >= 0.6 is 12.6 Å². The third kappa shape index (κ3) is 3.51. The second kappa shape index (κ2) is 6.54. The van der Waals surface area contributed by atoms with Crippen molar-refractivity contribution >= 4 is 25.0 Å². The molecule has 0 aliphatic heterocycles. The Kier molecular flexibility index (Phi) is 6.06. The Bertz CT molecular complexity index is 274. The highest BCUT2D eigenvalue weighted by Crippen LogP contribution is 2.22. The van der Waals surface area contributed by atoms with E-state index in [1.165, 1.54) is 0 Å². The fourth-order valence-electron chi connectivity index (χ4n) is 0.932. The summed E-state index contributed by atoms with van der Waals surface area (Å²) >= 11 is 3.53. The number of thiol groups is 1. The van der Waals surface area contributed by atoms with Crippen LogP contribution in [0.4, 0.5) is 5.69 Å². The molecule has 0 atom stereocenters.